The Morgan fingerprint density at radius 3 is 2.76 bits per heavy atom. The molecule has 0 aliphatic heterocycles. The number of aromatic nitrogens is 1. The van der Waals surface area contributed by atoms with Crippen molar-refractivity contribution in [1.82, 2.24) is 4.98 Å². The van der Waals surface area contributed by atoms with Crippen molar-refractivity contribution in [3.8, 4) is 6.07 Å². The van der Waals surface area contributed by atoms with Crippen LogP contribution in [0.5, 0.6) is 0 Å². The van der Waals surface area contributed by atoms with Crippen LogP contribution in [-0.4, -0.2) is 16.6 Å². The minimum Gasteiger partial charge on any atom is -0.457 e. The molecule has 0 spiro atoms. The highest BCUT2D eigenvalue weighted by atomic mass is 16.6. The maximum atomic E-state index is 11.4. The van der Waals surface area contributed by atoms with Gasteiger partial charge in [-0.15, -0.1) is 0 Å². The van der Waals surface area contributed by atoms with Gasteiger partial charge in [0, 0.05) is 6.08 Å². The lowest BCUT2D eigenvalue weighted by Crippen LogP contribution is -2.22. The normalized spacial score (nSPS) is 11.2. The third-order valence-corrected chi connectivity index (χ3v) is 1.68. The molecule has 0 aliphatic rings. The van der Waals surface area contributed by atoms with E-state index < -0.39 is 11.6 Å². The first kappa shape index (κ1) is 12.9. The highest BCUT2D eigenvalue weighted by molar-refractivity contribution is 5.87. The van der Waals surface area contributed by atoms with E-state index in [1.54, 1.807) is 39.0 Å². The number of nitriles is 1. The van der Waals surface area contributed by atoms with Crippen molar-refractivity contribution in [3.63, 3.8) is 0 Å². The molecule has 1 aromatic rings. The van der Waals surface area contributed by atoms with E-state index in [1.165, 1.54) is 12.2 Å². The fraction of sp³-hybridized carbons (Fsp3) is 0.308. The van der Waals surface area contributed by atoms with E-state index in [4.69, 9.17) is 10.00 Å². The van der Waals surface area contributed by atoms with Gasteiger partial charge in [0.05, 0.1) is 5.69 Å². The van der Waals surface area contributed by atoms with E-state index in [2.05, 4.69) is 4.98 Å². The second-order valence-electron chi connectivity index (χ2n) is 4.43. The van der Waals surface area contributed by atoms with Crippen LogP contribution in [-0.2, 0) is 9.53 Å². The molecule has 0 amide bonds. The molecule has 0 aliphatic carbocycles. The van der Waals surface area contributed by atoms with Gasteiger partial charge in [0.15, 0.2) is 0 Å². The Balaban J connectivity index is 2.71. The van der Waals surface area contributed by atoms with Crippen LogP contribution in [0, 0.1) is 11.3 Å². The number of hydrogen-bond acceptors (Lipinski definition) is 4. The third kappa shape index (κ3) is 4.94. The molecular formula is C13H14N2O2. The van der Waals surface area contributed by atoms with Gasteiger partial charge >= 0.3 is 5.97 Å². The van der Waals surface area contributed by atoms with Crippen LogP contribution in [0.4, 0.5) is 0 Å². The molecule has 0 unspecified atom stereocenters. The van der Waals surface area contributed by atoms with Gasteiger partial charge in [-0.2, -0.15) is 5.26 Å². The predicted octanol–water partition coefficient (Wildman–Crippen LogP) is 2.31. The summed E-state index contributed by atoms with van der Waals surface area (Å²) in [6.07, 6.45) is 2.82. The van der Waals surface area contributed by atoms with Crippen LogP contribution in [0.15, 0.2) is 24.3 Å². The zero-order valence-electron chi connectivity index (χ0n) is 10.1. The molecule has 0 bridgehead atoms. The van der Waals surface area contributed by atoms with Crippen LogP contribution in [0.2, 0.25) is 0 Å². The molecule has 1 aromatic heterocycles. The predicted molar refractivity (Wildman–Crippen MR) is 63.8 cm³/mol. The lowest BCUT2D eigenvalue weighted by Gasteiger charge is -2.17. The molecule has 88 valence electrons. The van der Waals surface area contributed by atoms with Crippen molar-refractivity contribution in [1.29, 1.82) is 5.26 Å². The smallest absolute Gasteiger partial charge is 0.331 e. The van der Waals surface area contributed by atoms with Crippen molar-refractivity contribution >= 4 is 12.0 Å². The highest BCUT2D eigenvalue weighted by Crippen LogP contribution is 2.08. The fourth-order valence-corrected chi connectivity index (χ4v) is 1.10. The third-order valence-electron chi connectivity index (χ3n) is 1.68. The summed E-state index contributed by atoms with van der Waals surface area (Å²) in [7, 11) is 0. The highest BCUT2D eigenvalue weighted by Gasteiger charge is 2.13. The lowest BCUT2D eigenvalue weighted by atomic mass is 10.2. The van der Waals surface area contributed by atoms with Gasteiger partial charge in [-0.05, 0) is 39.0 Å². The van der Waals surface area contributed by atoms with Gasteiger partial charge in [-0.3, -0.25) is 0 Å². The van der Waals surface area contributed by atoms with Gasteiger partial charge in [0.2, 0.25) is 0 Å². The summed E-state index contributed by atoms with van der Waals surface area (Å²) in [5, 5.41) is 8.66. The summed E-state index contributed by atoms with van der Waals surface area (Å²) >= 11 is 0. The number of esters is 1. The SMILES string of the molecule is CC(C)(C)OC(=O)C=Cc1cccc(C#N)n1. The lowest BCUT2D eigenvalue weighted by molar-refractivity contribution is -0.148. The van der Waals surface area contributed by atoms with E-state index in [-0.39, 0.29) is 0 Å². The minimum atomic E-state index is -0.511. The van der Waals surface area contributed by atoms with E-state index in [0.717, 1.165) is 0 Å². The number of pyridine rings is 1. The summed E-state index contributed by atoms with van der Waals surface area (Å²) in [5.41, 5.74) is 0.356. The first-order valence-corrected chi connectivity index (χ1v) is 5.19. The molecule has 0 saturated carbocycles. The van der Waals surface area contributed by atoms with Gasteiger partial charge in [-0.1, -0.05) is 6.07 Å². The number of carbonyl (C=O) groups is 1. The van der Waals surface area contributed by atoms with E-state index >= 15 is 0 Å². The van der Waals surface area contributed by atoms with Crippen LogP contribution in [0.3, 0.4) is 0 Å². The number of nitrogens with zero attached hydrogens (tertiary/aromatic N) is 2. The first-order valence-electron chi connectivity index (χ1n) is 5.19. The molecule has 0 aromatic carbocycles. The Morgan fingerprint density at radius 2 is 2.18 bits per heavy atom. The molecule has 1 heterocycles. The molecule has 0 saturated heterocycles. The van der Waals surface area contributed by atoms with E-state index in [0.29, 0.717) is 11.4 Å². The molecular weight excluding hydrogens is 216 g/mol. The molecule has 0 atom stereocenters. The van der Waals surface area contributed by atoms with Crippen molar-refractivity contribution in [3.05, 3.63) is 35.7 Å². The molecule has 0 N–H and O–H groups in total. The first-order chi connectivity index (χ1) is 7.90. The molecule has 1 rings (SSSR count). The Labute approximate surface area is 101 Å². The zero-order chi connectivity index (χ0) is 12.9. The topological polar surface area (TPSA) is 63.0 Å². The molecule has 0 radical (unpaired) electrons. The van der Waals surface area contributed by atoms with E-state index in [9.17, 15) is 4.79 Å². The Kier molecular flexibility index (Phi) is 4.00. The summed E-state index contributed by atoms with van der Waals surface area (Å²) in [6.45, 7) is 5.40. The number of rotatable bonds is 2. The van der Waals surface area contributed by atoms with Crippen molar-refractivity contribution in [2.75, 3.05) is 0 Å². The molecule has 4 nitrogen and oxygen atoms in total. The standard InChI is InChI=1S/C13H14N2O2/c1-13(2,3)17-12(16)8-7-10-5-4-6-11(9-14)15-10/h4-8H,1-3H3. The second-order valence-corrected chi connectivity index (χ2v) is 4.43. The number of ether oxygens (including phenoxy) is 1. The summed E-state index contributed by atoms with van der Waals surface area (Å²) in [5.74, 6) is -0.429. The van der Waals surface area contributed by atoms with Crippen LogP contribution < -0.4 is 0 Å². The van der Waals surface area contributed by atoms with Gasteiger partial charge in [0.25, 0.3) is 0 Å². The average molecular weight is 230 g/mol. The van der Waals surface area contributed by atoms with Crippen LogP contribution in [0.25, 0.3) is 6.08 Å². The summed E-state index contributed by atoms with van der Waals surface area (Å²) in [6, 6.07) is 6.95. The Morgan fingerprint density at radius 1 is 1.47 bits per heavy atom. The maximum absolute atomic E-state index is 11.4. The van der Waals surface area contributed by atoms with Crippen LogP contribution in [0.1, 0.15) is 32.2 Å². The van der Waals surface area contributed by atoms with Gasteiger partial charge in [0.1, 0.15) is 17.4 Å². The van der Waals surface area contributed by atoms with Gasteiger partial charge < -0.3 is 4.74 Å². The monoisotopic (exact) mass is 230 g/mol. The number of carbonyl (C=O) groups excluding carboxylic acids is 1. The second kappa shape index (κ2) is 5.26. The Hall–Kier alpha value is -2.15. The van der Waals surface area contributed by atoms with Crippen molar-refractivity contribution in [2.24, 2.45) is 0 Å². The number of hydrogen-bond donors (Lipinski definition) is 0. The maximum Gasteiger partial charge on any atom is 0.331 e. The summed E-state index contributed by atoms with van der Waals surface area (Å²) < 4.78 is 5.10. The minimum absolute atomic E-state index is 0.316. The largest absolute Gasteiger partial charge is 0.457 e. The Bertz CT molecular complexity index is 479. The fourth-order valence-electron chi connectivity index (χ4n) is 1.10. The quantitative estimate of drug-likeness (QED) is 0.577. The average Bonchev–Trinajstić information content (AvgIpc) is 2.24. The molecule has 0 fully saturated rings. The molecule has 17 heavy (non-hydrogen) atoms. The molecule has 4 heteroatoms. The van der Waals surface area contributed by atoms with Crippen LogP contribution >= 0.6 is 0 Å². The zero-order valence-corrected chi connectivity index (χ0v) is 10.1. The van der Waals surface area contributed by atoms with Crippen molar-refractivity contribution in [2.45, 2.75) is 26.4 Å². The van der Waals surface area contributed by atoms with E-state index in [1.807, 2.05) is 6.07 Å². The van der Waals surface area contributed by atoms with Gasteiger partial charge in [-0.25, -0.2) is 9.78 Å². The van der Waals surface area contributed by atoms with Crippen molar-refractivity contribution < 1.29 is 9.53 Å². The summed E-state index contributed by atoms with van der Waals surface area (Å²) in [4.78, 5) is 15.4.